The Hall–Kier alpha value is -3.26. The first-order chi connectivity index (χ1) is 14.4. The van der Waals surface area contributed by atoms with Crippen LogP contribution in [0.2, 0.25) is 0 Å². The Labute approximate surface area is 179 Å². The van der Waals surface area contributed by atoms with E-state index in [9.17, 15) is 14.4 Å². The van der Waals surface area contributed by atoms with E-state index in [1.807, 2.05) is 37.3 Å². The summed E-state index contributed by atoms with van der Waals surface area (Å²) in [5, 5.41) is 2.38. The highest BCUT2D eigenvalue weighted by molar-refractivity contribution is 8.18. The molecule has 1 fully saturated rings. The van der Waals surface area contributed by atoms with Gasteiger partial charge in [-0.05, 0) is 42.5 Å². The average Bonchev–Trinajstić information content (AvgIpc) is 3.01. The number of hydrogen-bond acceptors (Lipinski definition) is 6. The highest BCUT2D eigenvalue weighted by Gasteiger charge is 2.34. The lowest BCUT2D eigenvalue weighted by atomic mass is 10.1. The molecule has 1 aliphatic heterocycles. The second kappa shape index (κ2) is 9.49. The van der Waals surface area contributed by atoms with Gasteiger partial charge in [0, 0.05) is 24.2 Å². The minimum Gasteiger partial charge on any atom is -0.496 e. The molecule has 1 aliphatic rings. The third kappa shape index (κ3) is 4.65. The number of rotatable bonds is 7. The van der Waals surface area contributed by atoms with Gasteiger partial charge < -0.3 is 14.8 Å². The zero-order valence-corrected chi connectivity index (χ0v) is 17.7. The number of hydrogen-bond donors (Lipinski definition) is 1. The summed E-state index contributed by atoms with van der Waals surface area (Å²) in [4.78, 5) is 38.8. The summed E-state index contributed by atoms with van der Waals surface area (Å²) in [7, 11) is 3.04. The molecule has 156 valence electrons. The van der Waals surface area contributed by atoms with E-state index in [-0.39, 0.29) is 30.1 Å². The van der Waals surface area contributed by atoms with Crippen molar-refractivity contribution in [2.24, 2.45) is 0 Å². The van der Waals surface area contributed by atoms with E-state index in [1.54, 1.807) is 18.2 Å². The van der Waals surface area contributed by atoms with Crippen molar-refractivity contribution in [3.05, 3.63) is 64.1 Å². The summed E-state index contributed by atoms with van der Waals surface area (Å²) in [6.45, 7) is 2.05. The van der Waals surface area contributed by atoms with Crippen LogP contribution in [0.5, 0.6) is 11.5 Å². The maximum Gasteiger partial charge on any atom is 0.293 e. The summed E-state index contributed by atoms with van der Waals surface area (Å²) in [6, 6.07) is 12.6. The van der Waals surface area contributed by atoms with Crippen molar-refractivity contribution in [2.45, 2.75) is 6.92 Å². The maximum atomic E-state index is 12.5. The third-order valence-electron chi connectivity index (χ3n) is 4.61. The van der Waals surface area contributed by atoms with E-state index < -0.39 is 0 Å². The molecule has 3 rings (SSSR count). The Morgan fingerprint density at radius 1 is 1.10 bits per heavy atom. The number of carbonyl (C=O) groups is 3. The smallest absolute Gasteiger partial charge is 0.293 e. The van der Waals surface area contributed by atoms with E-state index in [0.29, 0.717) is 22.0 Å². The first-order valence-corrected chi connectivity index (χ1v) is 10.1. The van der Waals surface area contributed by atoms with Gasteiger partial charge in [0.05, 0.1) is 19.1 Å². The standard InChI is InChI=1S/C22H22N2O5S/c1-14-17(28-2)12-16(13-18(14)29-3)20(25)23-9-10-24-21(26)19(30-22(24)27)11-15-7-5-4-6-8-15/h4-8,11-13H,9-10H2,1-3H3,(H,23,25)/b19-11-. The molecule has 1 N–H and O–H groups in total. The first kappa shape index (κ1) is 21.4. The maximum absolute atomic E-state index is 12.5. The quantitative estimate of drug-likeness (QED) is 0.683. The molecule has 0 saturated carbocycles. The molecule has 0 unspecified atom stereocenters. The zero-order valence-electron chi connectivity index (χ0n) is 16.9. The van der Waals surface area contributed by atoms with Gasteiger partial charge in [-0.3, -0.25) is 19.3 Å². The lowest BCUT2D eigenvalue weighted by Crippen LogP contribution is -2.37. The van der Waals surface area contributed by atoms with E-state index in [1.165, 1.54) is 14.2 Å². The molecule has 0 radical (unpaired) electrons. The molecule has 30 heavy (non-hydrogen) atoms. The van der Waals surface area contributed by atoms with Gasteiger partial charge in [0.15, 0.2) is 0 Å². The normalized spacial score (nSPS) is 14.9. The van der Waals surface area contributed by atoms with Gasteiger partial charge in [-0.25, -0.2) is 0 Å². The van der Waals surface area contributed by atoms with Crippen LogP contribution in [0.25, 0.3) is 6.08 Å². The monoisotopic (exact) mass is 426 g/mol. The molecule has 7 nitrogen and oxygen atoms in total. The SMILES string of the molecule is COc1cc(C(=O)NCCN2C(=O)S/C(=C\c3ccccc3)C2=O)cc(OC)c1C. The van der Waals surface area contributed by atoms with Gasteiger partial charge in [-0.1, -0.05) is 30.3 Å². The van der Waals surface area contributed by atoms with Crippen LogP contribution in [-0.2, 0) is 4.79 Å². The molecular formula is C22H22N2O5S. The van der Waals surface area contributed by atoms with Crippen LogP contribution >= 0.6 is 11.8 Å². The van der Waals surface area contributed by atoms with Crippen LogP contribution in [-0.4, -0.2) is 49.3 Å². The van der Waals surface area contributed by atoms with Gasteiger partial charge >= 0.3 is 0 Å². The number of nitrogens with zero attached hydrogens (tertiary/aromatic N) is 1. The lowest BCUT2D eigenvalue weighted by molar-refractivity contribution is -0.122. The molecule has 0 aromatic heterocycles. The van der Waals surface area contributed by atoms with Crippen LogP contribution in [0.4, 0.5) is 4.79 Å². The van der Waals surface area contributed by atoms with Crippen molar-refractivity contribution in [1.29, 1.82) is 0 Å². The van der Waals surface area contributed by atoms with Crippen molar-refractivity contribution < 1.29 is 23.9 Å². The highest BCUT2D eigenvalue weighted by Crippen LogP contribution is 2.32. The largest absolute Gasteiger partial charge is 0.496 e. The second-order valence-corrected chi connectivity index (χ2v) is 7.50. The predicted octanol–water partition coefficient (Wildman–Crippen LogP) is 3.48. The summed E-state index contributed by atoms with van der Waals surface area (Å²) >= 11 is 0.896. The number of imide groups is 1. The van der Waals surface area contributed by atoms with Gasteiger partial charge in [0.25, 0.3) is 17.1 Å². The second-order valence-electron chi connectivity index (χ2n) is 6.51. The van der Waals surface area contributed by atoms with Gasteiger partial charge in [0.1, 0.15) is 11.5 Å². The number of amides is 3. The number of benzene rings is 2. The van der Waals surface area contributed by atoms with Crippen LogP contribution in [0, 0.1) is 6.92 Å². The van der Waals surface area contributed by atoms with E-state index >= 15 is 0 Å². The van der Waals surface area contributed by atoms with Gasteiger partial charge in [-0.15, -0.1) is 0 Å². The number of methoxy groups -OCH3 is 2. The minimum absolute atomic E-state index is 0.0860. The summed E-state index contributed by atoms with van der Waals surface area (Å²) in [6.07, 6.45) is 1.69. The van der Waals surface area contributed by atoms with Crippen molar-refractivity contribution >= 4 is 34.9 Å². The Kier molecular flexibility index (Phi) is 6.79. The minimum atomic E-state index is -0.359. The van der Waals surface area contributed by atoms with Crippen molar-refractivity contribution in [2.75, 3.05) is 27.3 Å². The number of ether oxygens (including phenoxy) is 2. The van der Waals surface area contributed by atoms with Crippen LogP contribution in [0.15, 0.2) is 47.4 Å². The van der Waals surface area contributed by atoms with E-state index in [4.69, 9.17) is 9.47 Å². The van der Waals surface area contributed by atoms with Crippen LogP contribution in [0.3, 0.4) is 0 Å². The number of nitrogens with one attached hydrogen (secondary N) is 1. The fourth-order valence-corrected chi connectivity index (χ4v) is 3.86. The molecule has 0 spiro atoms. The lowest BCUT2D eigenvalue weighted by Gasteiger charge is -2.15. The highest BCUT2D eigenvalue weighted by atomic mass is 32.2. The third-order valence-corrected chi connectivity index (χ3v) is 5.51. The fourth-order valence-electron chi connectivity index (χ4n) is 2.99. The van der Waals surface area contributed by atoms with Crippen molar-refractivity contribution in [3.63, 3.8) is 0 Å². The molecule has 8 heteroatoms. The topological polar surface area (TPSA) is 84.9 Å². The van der Waals surface area contributed by atoms with E-state index in [2.05, 4.69) is 5.32 Å². The molecule has 0 bridgehead atoms. The Morgan fingerprint density at radius 3 is 2.33 bits per heavy atom. The molecule has 2 aromatic rings. The van der Waals surface area contributed by atoms with E-state index in [0.717, 1.165) is 27.8 Å². The first-order valence-electron chi connectivity index (χ1n) is 9.26. The van der Waals surface area contributed by atoms with Crippen molar-refractivity contribution in [3.8, 4) is 11.5 Å². The molecule has 0 atom stereocenters. The summed E-state index contributed by atoms with van der Waals surface area (Å²) in [5.41, 5.74) is 2.01. The number of thioether (sulfide) groups is 1. The van der Waals surface area contributed by atoms with Crippen molar-refractivity contribution in [1.82, 2.24) is 10.2 Å². The Balaban J connectivity index is 1.62. The van der Waals surface area contributed by atoms with Gasteiger partial charge in [0.2, 0.25) is 0 Å². The Bertz CT molecular complexity index is 979. The molecule has 3 amide bonds. The van der Waals surface area contributed by atoms with Gasteiger partial charge in [-0.2, -0.15) is 0 Å². The zero-order chi connectivity index (χ0) is 21.7. The van der Waals surface area contributed by atoms with Crippen LogP contribution in [0.1, 0.15) is 21.5 Å². The van der Waals surface area contributed by atoms with Crippen LogP contribution < -0.4 is 14.8 Å². The summed E-state index contributed by atoms with van der Waals surface area (Å²) < 4.78 is 10.6. The molecular weight excluding hydrogens is 404 g/mol. The predicted molar refractivity (Wildman–Crippen MR) is 116 cm³/mol. The average molecular weight is 426 g/mol. The molecule has 0 aliphatic carbocycles. The molecule has 2 aromatic carbocycles. The number of carbonyl (C=O) groups excluding carboxylic acids is 3. The Morgan fingerprint density at radius 2 is 1.73 bits per heavy atom. The molecule has 1 heterocycles. The summed E-state index contributed by atoms with van der Waals surface area (Å²) in [5.74, 6) is 0.369. The molecule has 1 saturated heterocycles. The fraction of sp³-hybridized carbons (Fsp3) is 0.227.